The van der Waals surface area contributed by atoms with Crippen molar-refractivity contribution in [1.82, 2.24) is 19.7 Å². The van der Waals surface area contributed by atoms with Crippen molar-refractivity contribution >= 4 is 34.4 Å². The fraction of sp³-hybridized carbons (Fsp3) is 0.280. The zero-order valence-corrected chi connectivity index (χ0v) is 19.0. The van der Waals surface area contributed by atoms with Crippen molar-refractivity contribution in [3.8, 4) is 0 Å². The van der Waals surface area contributed by atoms with Crippen LogP contribution in [-0.4, -0.2) is 76.4 Å². The number of nitrogens with one attached hydrogen (secondary N) is 1. The van der Waals surface area contributed by atoms with Crippen molar-refractivity contribution in [1.29, 1.82) is 0 Å². The minimum absolute atomic E-state index is 0.0726. The second kappa shape index (κ2) is 9.46. The Kier molecular flexibility index (Phi) is 6.45. The van der Waals surface area contributed by atoms with Crippen molar-refractivity contribution in [3.63, 3.8) is 0 Å². The first-order valence-corrected chi connectivity index (χ1v) is 11.0. The Hall–Kier alpha value is -4.01. The van der Waals surface area contributed by atoms with Crippen molar-refractivity contribution in [2.45, 2.75) is 13.5 Å². The number of Topliss-reactive ketones (excluding diaryl/α,β-unsaturated/α-hetero) is 1. The van der Waals surface area contributed by atoms with Gasteiger partial charge in [0.05, 0.1) is 5.56 Å². The zero-order chi connectivity index (χ0) is 24.4. The molecule has 1 N–H and O–H groups in total. The number of benzene rings is 2. The number of nitrogens with zero attached hydrogens (tertiary/aromatic N) is 3. The summed E-state index contributed by atoms with van der Waals surface area (Å²) >= 11 is 0. The molecule has 176 valence electrons. The van der Waals surface area contributed by atoms with Gasteiger partial charge in [0.1, 0.15) is 12.4 Å². The highest BCUT2D eigenvalue weighted by molar-refractivity contribution is 6.44. The molecule has 0 spiro atoms. The van der Waals surface area contributed by atoms with Crippen LogP contribution >= 0.6 is 0 Å². The molecule has 0 saturated carbocycles. The van der Waals surface area contributed by atoms with Crippen LogP contribution in [0.5, 0.6) is 0 Å². The van der Waals surface area contributed by atoms with E-state index in [0.29, 0.717) is 42.6 Å². The fourth-order valence-corrected chi connectivity index (χ4v) is 3.92. The minimum Gasteiger partial charge on any atom is -0.360 e. The molecule has 2 aromatic carbocycles. The summed E-state index contributed by atoms with van der Waals surface area (Å²) in [6.45, 7) is 3.16. The van der Waals surface area contributed by atoms with Crippen LogP contribution in [-0.2, 0) is 16.1 Å². The number of carbonyl (C=O) groups excluding carboxylic acids is 4. The lowest BCUT2D eigenvalue weighted by Crippen LogP contribution is -2.51. The maximum Gasteiger partial charge on any atom is 0.294 e. The molecule has 1 aliphatic heterocycles. The standard InChI is InChI=1S/C25H25FN4O4/c1-3-28(2)25(34)23(32)20-13-27-21-9-6-17(12-19(20)21)24(33)30-11-10-29(22(31)15-30)14-16-4-7-18(26)8-5-16/h4-9,12-13,27H,3,10-11,14-15H2,1-2H3. The zero-order valence-electron chi connectivity index (χ0n) is 19.0. The van der Waals surface area contributed by atoms with Crippen LogP contribution in [0.4, 0.5) is 4.39 Å². The third kappa shape index (κ3) is 4.54. The molecule has 3 amide bonds. The van der Waals surface area contributed by atoms with Gasteiger partial charge in [0.2, 0.25) is 5.91 Å². The number of hydrogen-bond acceptors (Lipinski definition) is 4. The molecule has 2 heterocycles. The van der Waals surface area contributed by atoms with Crippen LogP contribution < -0.4 is 0 Å². The minimum atomic E-state index is -0.648. The van der Waals surface area contributed by atoms with Crippen molar-refractivity contribution in [2.24, 2.45) is 0 Å². The highest BCUT2D eigenvalue weighted by Crippen LogP contribution is 2.22. The molecule has 8 nitrogen and oxygen atoms in total. The number of amides is 3. The number of fused-ring (bicyclic) bond motifs is 1. The van der Waals surface area contributed by atoms with Gasteiger partial charge in [-0.15, -0.1) is 0 Å². The van der Waals surface area contributed by atoms with Crippen LogP contribution in [0.15, 0.2) is 48.7 Å². The summed E-state index contributed by atoms with van der Waals surface area (Å²) in [5.74, 6) is -2.13. The Morgan fingerprint density at radius 3 is 2.50 bits per heavy atom. The molecule has 1 aliphatic rings. The molecule has 0 bridgehead atoms. The van der Waals surface area contributed by atoms with E-state index in [1.165, 1.54) is 28.1 Å². The molecule has 0 aliphatic carbocycles. The average molecular weight is 464 g/mol. The monoisotopic (exact) mass is 464 g/mol. The predicted molar refractivity (Wildman–Crippen MR) is 124 cm³/mol. The van der Waals surface area contributed by atoms with E-state index in [1.807, 2.05) is 0 Å². The average Bonchev–Trinajstić information content (AvgIpc) is 3.28. The Balaban J connectivity index is 1.49. The summed E-state index contributed by atoms with van der Waals surface area (Å²) in [7, 11) is 1.55. The molecule has 1 fully saturated rings. The summed E-state index contributed by atoms with van der Waals surface area (Å²) in [6, 6.07) is 10.9. The second-order valence-electron chi connectivity index (χ2n) is 8.28. The van der Waals surface area contributed by atoms with Gasteiger partial charge in [0.25, 0.3) is 17.6 Å². The number of aromatic nitrogens is 1. The van der Waals surface area contributed by atoms with Gasteiger partial charge in [-0.05, 0) is 42.8 Å². The van der Waals surface area contributed by atoms with Gasteiger partial charge in [0.15, 0.2) is 0 Å². The Morgan fingerprint density at radius 2 is 1.82 bits per heavy atom. The van der Waals surface area contributed by atoms with Gasteiger partial charge in [-0.3, -0.25) is 19.2 Å². The molecule has 0 radical (unpaired) electrons. The summed E-state index contributed by atoms with van der Waals surface area (Å²) in [5, 5.41) is 0.481. The molecular formula is C25H25FN4O4. The van der Waals surface area contributed by atoms with E-state index in [2.05, 4.69) is 4.98 Å². The van der Waals surface area contributed by atoms with Gasteiger partial charge in [0, 0.05) is 55.9 Å². The number of ketones is 1. The Bertz CT molecular complexity index is 1270. The van der Waals surface area contributed by atoms with E-state index < -0.39 is 11.7 Å². The van der Waals surface area contributed by atoms with E-state index in [4.69, 9.17) is 0 Å². The maximum absolute atomic E-state index is 13.1. The summed E-state index contributed by atoms with van der Waals surface area (Å²) < 4.78 is 13.1. The first-order chi connectivity index (χ1) is 16.3. The molecule has 0 unspecified atom stereocenters. The highest BCUT2D eigenvalue weighted by atomic mass is 19.1. The molecule has 34 heavy (non-hydrogen) atoms. The van der Waals surface area contributed by atoms with Crippen molar-refractivity contribution < 1.29 is 23.6 Å². The van der Waals surface area contributed by atoms with Crippen LogP contribution in [0, 0.1) is 5.82 Å². The predicted octanol–water partition coefficient (Wildman–Crippen LogP) is 2.45. The molecule has 1 saturated heterocycles. The summed E-state index contributed by atoms with van der Waals surface area (Å²) in [6.07, 6.45) is 1.47. The molecule has 3 aromatic rings. The molecule has 1 aromatic heterocycles. The molecule has 4 rings (SSSR count). The lowest BCUT2D eigenvalue weighted by atomic mass is 10.0. The first-order valence-electron chi connectivity index (χ1n) is 11.0. The first kappa shape index (κ1) is 23.2. The third-order valence-corrected chi connectivity index (χ3v) is 6.08. The van der Waals surface area contributed by atoms with Gasteiger partial charge >= 0.3 is 0 Å². The Morgan fingerprint density at radius 1 is 1.09 bits per heavy atom. The van der Waals surface area contributed by atoms with E-state index in [-0.39, 0.29) is 29.7 Å². The molecule has 9 heteroatoms. The van der Waals surface area contributed by atoms with Crippen molar-refractivity contribution in [2.75, 3.05) is 33.2 Å². The highest BCUT2D eigenvalue weighted by Gasteiger charge is 2.29. The summed E-state index contributed by atoms with van der Waals surface area (Å²) in [4.78, 5) is 58.2. The van der Waals surface area contributed by atoms with Crippen LogP contribution in [0.3, 0.4) is 0 Å². The van der Waals surface area contributed by atoms with Gasteiger partial charge in [-0.25, -0.2) is 4.39 Å². The van der Waals surface area contributed by atoms with Crippen LogP contribution in [0.1, 0.15) is 33.2 Å². The number of hydrogen-bond donors (Lipinski definition) is 1. The van der Waals surface area contributed by atoms with Crippen molar-refractivity contribution in [3.05, 3.63) is 71.2 Å². The maximum atomic E-state index is 13.1. The second-order valence-corrected chi connectivity index (χ2v) is 8.28. The topological polar surface area (TPSA) is 93.8 Å². The molecular weight excluding hydrogens is 439 g/mol. The van der Waals surface area contributed by atoms with Gasteiger partial charge in [-0.2, -0.15) is 0 Å². The number of H-pyrrole nitrogens is 1. The van der Waals surface area contributed by atoms with E-state index in [0.717, 1.165) is 5.56 Å². The smallest absolute Gasteiger partial charge is 0.294 e. The quantitative estimate of drug-likeness (QED) is 0.448. The van der Waals surface area contributed by atoms with Crippen LogP contribution in [0.25, 0.3) is 10.9 Å². The number of likely N-dealkylation sites (N-methyl/N-ethyl adjacent to an activating group) is 1. The van der Waals surface area contributed by atoms with E-state index in [1.54, 1.807) is 49.2 Å². The lowest BCUT2D eigenvalue weighted by Gasteiger charge is -2.34. The number of piperazine rings is 1. The number of rotatable bonds is 6. The third-order valence-electron chi connectivity index (χ3n) is 6.08. The van der Waals surface area contributed by atoms with E-state index >= 15 is 0 Å². The fourth-order valence-electron chi connectivity index (χ4n) is 3.92. The number of aromatic amines is 1. The van der Waals surface area contributed by atoms with Gasteiger partial charge in [-0.1, -0.05) is 12.1 Å². The number of halogens is 1. The lowest BCUT2D eigenvalue weighted by molar-refractivity contribution is -0.135. The number of carbonyl (C=O) groups is 4. The normalized spacial score (nSPS) is 13.9. The van der Waals surface area contributed by atoms with Gasteiger partial charge < -0.3 is 19.7 Å². The Labute approximate surface area is 195 Å². The largest absolute Gasteiger partial charge is 0.360 e. The van der Waals surface area contributed by atoms with E-state index in [9.17, 15) is 23.6 Å². The molecule has 0 atom stereocenters. The SMILES string of the molecule is CCN(C)C(=O)C(=O)c1c[nH]c2ccc(C(=O)N3CCN(Cc4ccc(F)cc4)C(=O)C3)cc12. The summed E-state index contributed by atoms with van der Waals surface area (Å²) in [5.41, 5.74) is 1.98. The van der Waals surface area contributed by atoms with Crippen LogP contribution in [0.2, 0.25) is 0 Å².